The zero-order valence-corrected chi connectivity index (χ0v) is 16.2. The first-order valence-electron chi connectivity index (χ1n) is 8.54. The highest BCUT2D eigenvalue weighted by Crippen LogP contribution is 2.37. The Hall–Kier alpha value is -2.28. The van der Waals surface area contributed by atoms with Crippen LogP contribution in [0.15, 0.2) is 36.5 Å². The highest BCUT2D eigenvalue weighted by Gasteiger charge is 2.14. The first kappa shape index (κ1) is 18.1. The second kappa shape index (κ2) is 7.76. The average Bonchev–Trinajstić information content (AvgIpc) is 2.69. The van der Waals surface area contributed by atoms with Crippen molar-refractivity contribution < 1.29 is 9.47 Å². The van der Waals surface area contributed by atoms with Crippen molar-refractivity contribution in [1.29, 1.82) is 0 Å². The lowest BCUT2D eigenvalue weighted by molar-refractivity contribution is 0.122. The molecule has 2 aromatic heterocycles. The second-order valence-corrected chi connectivity index (χ2v) is 6.90. The summed E-state index contributed by atoms with van der Waals surface area (Å²) in [5.74, 6) is 1.83. The summed E-state index contributed by atoms with van der Waals surface area (Å²) in [5.41, 5.74) is 1.70. The Balaban J connectivity index is 1.65. The molecule has 6 nitrogen and oxygen atoms in total. The van der Waals surface area contributed by atoms with E-state index in [0.717, 1.165) is 37.4 Å². The van der Waals surface area contributed by atoms with Gasteiger partial charge in [0.2, 0.25) is 0 Å². The van der Waals surface area contributed by atoms with Gasteiger partial charge in [-0.1, -0.05) is 23.2 Å². The fraction of sp³-hybridized carbons (Fsp3) is 0.263. The van der Waals surface area contributed by atoms with Gasteiger partial charge >= 0.3 is 0 Å². The molecule has 1 aliphatic heterocycles. The van der Waals surface area contributed by atoms with Crippen LogP contribution in [0, 0.1) is 0 Å². The van der Waals surface area contributed by atoms with Crippen molar-refractivity contribution in [2.45, 2.75) is 0 Å². The third kappa shape index (κ3) is 3.74. The zero-order valence-electron chi connectivity index (χ0n) is 14.7. The molecule has 1 aliphatic rings. The molecular weight excluding hydrogens is 387 g/mol. The van der Waals surface area contributed by atoms with E-state index >= 15 is 0 Å². The summed E-state index contributed by atoms with van der Waals surface area (Å²) in [6, 6.07) is 9.39. The van der Waals surface area contributed by atoms with Crippen molar-refractivity contribution in [3.63, 3.8) is 0 Å². The van der Waals surface area contributed by atoms with Crippen molar-refractivity contribution >= 4 is 51.4 Å². The number of nitrogens with one attached hydrogen (secondary N) is 1. The predicted molar refractivity (Wildman–Crippen MR) is 109 cm³/mol. The van der Waals surface area contributed by atoms with Crippen molar-refractivity contribution in [3.8, 4) is 5.75 Å². The number of rotatable bonds is 4. The number of pyridine rings is 2. The quantitative estimate of drug-likeness (QED) is 0.689. The highest BCUT2D eigenvalue weighted by atomic mass is 35.5. The molecule has 0 aliphatic carbocycles. The van der Waals surface area contributed by atoms with Crippen molar-refractivity contribution in [2.75, 3.05) is 43.6 Å². The van der Waals surface area contributed by atoms with Crippen LogP contribution in [-0.4, -0.2) is 43.4 Å². The maximum absolute atomic E-state index is 6.28. The summed E-state index contributed by atoms with van der Waals surface area (Å²) in [6.07, 6.45) is 1.78. The van der Waals surface area contributed by atoms with Crippen LogP contribution in [0.5, 0.6) is 5.75 Å². The Kier molecular flexibility index (Phi) is 5.20. The van der Waals surface area contributed by atoms with E-state index in [0.29, 0.717) is 32.9 Å². The molecule has 0 radical (unpaired) electrons. The van der Waals surface area contributed by atoms with Crippen LogP contribution in [0.2, 0.25) is 10.0 Å². The minimum absolute atomic E-state index is 0.423. The zero-order chi connectivity index (χ0) is 18.8. The minimum atomic E-state index is 0.423. The fourth-order valence-corrected chi connectivity index (χ4v) is 3.69. The van der Waals surface area contributed by atoms with Crippen LogP contribution in [0.3, 0.4) is 0 Å². The van der Waals surface area contributed by atoms with Gasteiger partial charge in [0.1, 0.15) is 17.2 Å². The molecule has 0 bridgehead atoms. The molecule has 0 saturated carbocycles. The lowest BCUT2D eigenvalue weighted by Gasteiger charge is -2.28. The van der Waals surface area contributed by atoms with Crippen molar-refractivity contribution in [3.05, 3.63) is 46.6 Å². The number of fused-ring (bicyclic) bond motifs is 1. The van der Waals surface area contributed by atoms with E-state index in [4.69, 9.17) is 32.7 Å². The van der Waals surface area contributed by atoms with E-state index in [1.165, 1.54) is 0 Å². The number of morpholine rings is 1. The number of ether oxygens (including phenoxy) is 2. The van der Waals surface area contributed by atoms with Gasteiger partial charge in [0, 0.05) is 36.4 Å². The Morgan fingerprint density at radius 3 is 2.67 bits per heavy atom. The van der Waals surface area contributed by atoms with E-state index in [2.05, 4.69) is 20.2 Å². The molecule has 0 amide bonds. The Bertz CT molecular complexity index is 977. The van der Waals surface area contributed by atoms with Crippen LogP contribution in [0.1, 0.15) is 0 Å². The molecule has 4 rings (SSSR count). The van der Waals surface area contributed by atoms with Gasteiger partial charge in [-0.15, -0.1) is 0 Å². The molecule has 0 spiro atoms. The van der Waals surface area contributed by atoms with Gasteiger partial charge in [-0.05, 0) is 24.3 Å². The summed E-state index contributed by atoms with van der Waals surface area (Å²) in [4.78, 5) is 11.3. The van der Waals surface area contributed by atoms with E-state index < -0.39 is 0 Å². The number of halogens is 2. The van der Waals surface area contributed by atoms with Gasteiger partial charge < -0.3 is 19.7 Å². The number of anilines is 3. The first-order chi connectivity index (χ1) is 13.2. The standard InChI is InChI=1S/C19H18Cl2N4O2/c1-26-19-15(21)11-14(20)13-2-3-16(24-18(13)19)23-17-10-12(4-5-22-17)25-6-8-27-9-7-25/h2-5,10-11H,6-9H2,1H3,(H,22,23,24). The summed E-state index contributed by atoms with van der Waals surface area (Å²) in [7, 11) is 1.56. The highest BCUT2D eigenvalue weighted by molar-refractivity contribution is 6.39. The largest absolute Gasteiger partial charge is 0.493 e. The summed E-state index contributed by atoms with van der Waals surface area (Å²) in [6.45, 7) is 3.20. The van der Waals surface area contributed by atoms with Crippen LogP contribution in [-0.2, 0) is 4.74 Å². The van der Waals surface area contributed by atoms with Crippen molar-refractivity contribution in [2.24, 2.45) is 0 Å². The fourth-order valence-electron chi connectivity index (χ4n) is 3.09. The number of methoxy groups -OCH3 is 1. The Labute approximate surface area is 167 Å². The number of benzene rings is 1. The second-order valence-electron chi connectivity index (χ2n) is 6.09. The van der Waals surface area contributed by atoms with E-state index in [9.17, 15) is 0 Å². The van der Waals surface area contributed by atoms with Gasteiger partial charge in [-0.3, -0.25) is 0 Å². The maximum Gasteiger partial charge on any atom is 0.163 e. The number of hydrogen-bond acceptors (Lipinski definition) is 6. The molecule has 1 aromatic carbocycles. The lowest BCUT2D eigenvalue weighted by Crippen LogP contribution is -2.36. The van der Waals surface area contributed by atoms with Crippen LogP contribution in [0.25, 0.3) is 10.9 Å². The molecule has 1 saturated heterocycles. The molecular formula is C19H18Cl2N4O2. The average molecular weight is 405 g/mol. The molecule has 27 heavy (non-hydrogen) atoms. The third-order valence-corrected chi connectivity index (χ3v) is 5.01. The molecule has 3 aromatic rings. The minimum Gasteiger partial charge on any atom is -0.493 e. The third-order valence-electron chi connectivity index (χ3n) is 4.42. The topological polar surface area (TPSA) is 59.5 Å². The summed E-state index contributed by atoms with van der Waals surface area (Å²) in [5, 5.41) is 4.97. The molecule has 1 N–H and O–H groups in total. The van der Waals surface area contributed by atoms with E-state index in [1.807, 2.05) is 24.3 Å². The van der Waals surface area contributed by atoms with Crippen LogP contribution in [0.4, 0.5) is 17.3 Å². The van der Waals surface area contributed by atoms with Crippen molar-refractivity contribution in [1.82, 2.24) is 9.97 Å². The van der Waals surface area contributed by atoms with Crippen LogP contribution < -0.4 is 15.0 Å². The Morgan fingerprint density at radius 2 is 1.89 bits per heavy atom. The molecule has 3 heterocycles. The SMILES string of the molecule is COc1c(Cl)cc(Cl)c2ccc(Nc3cc(N4CCOCC4)ccn3)nc12. The smallest absolute Gasteiger partial charge is 0.163 e. The summed E-state index contributed by atoms with van der Waals surface area (Å²) < 4.78 is 10.8. The van der Waals surface area contributed by atoms with E-state index in [1.54, 1.807) is 19.4 Å². The summed E-state index contributed by atoms with van der Waals surface area (Å²) >= 11 is 12.5. The molecule has 1 fully saturated rings. The molecule has 8 heteroatoms. The molecule has 0 atom stereocenters. The van der Waals surface area contributed by atoms with Gasteiger partial charge in [0.15, 0.2) is 5.75 Å². The lowest BCUT2D eigenvalue weighted by atomic mass is 10.2. The maximum atomic E-state index is 6.28. The monoisotopic (exact) mass is 404 g/mol. The van der Waals surface area contributed by atoms with Gasteiger partial charge in [-0.25, -0.2) is 9.97 Å². The molecule has 140 valence electrons. The van der Waals surface area contributed by atoms with Crippen LogP contribution >= 0.6 is 23.2 Å². The number of aromatic nitrogens is 2. The van der Waals surface area contributed by atoms with Gasteiger partial charge in [-0.2, -0.15) is 0 Å². The first-order valence-corrected chi connectivity index (χ1v) is 9.30. The number of nitrogens with zero attached hydrogens (tertiary/aromatic N) is 3. The van der Waals surface area contributed by atoms with Gasteiger partial charge in [0.05, 0.1) is 30.4 Å². The van der Waals surface area contributed by atoms with E-state index in [-0.39, 0.29) is 0 Å². The Morgan fingerprint density at radius 1 is 1.07 bits per heavy atom. The molecule has 0 unspecified atom stereocenters. The normalized spacial score (nSPS) is 14.4. The number of hydrogen-bond donors (Lipinski definition) is 1. The van der Waals surface area contributed by atoms with Gasteiger partial charge in [0.25, 0.3) is 0 Å². The predicted octanol–water partition coefficient (Wildman–Crippen LogP) is 4.53.